The summed E-state index contributed by atoms with van der Waals surface area (Å²) in [5.74, 6) is -4.50. The first-order valence-corrected chi connectivity index (χ1v) is 4.52. The molecule has 0 amide bonds. The van der Waals surface area contributed by atoms with Crippen molar-refractivity contribution in [2.75, 3.05) is 6.61 Å². The van der Waals surface area contributed by atoms with Crippen LogP contribution < -0.4 is 0 Å². The zero-order valence-electron chi connectivity index (χ0n) is 8.70. The molecule has 0 saturated carbocycles. The van der Waals surface area contributed by atoms with Gasteiger partial charge in [-0.1, -0.05) is 0 Å². The Morgan fingerprint density at radius 1 is 1.00 bits per heavy atom. The summed E-state index contributed by atoms with van der Waals surface area (Å²) in [7, 11) is 0. The van der Waals surface area contributed by atoms with Crippen molar-refractivity contribution in [2.24, 2.45) is 0 Å². The molecule has 10 heteroatoms. The highest BCUT2D eigenvalue weighted by Crippen LogP contribution is 2.21. The standard InChI is InChI=1S/C8H11F3O7/c9-8(10,11)7(18)6(17)5(16)4(15)3(14)2(13)1-12/h2-4,7,12-15,18H,1H2/t2-,3-,4+,7?/m1/s1. The maximum atomic E-state index is 11.9. The van der Waals surface area contributed by atoms with Gasteiger partial charge in [-0.3, -0.25) is 9.59 Å². The fraction of sp³-hybridized carbons (Fsp3) is 0.750. The third-order valence-electron chi connectivity index (χ3n) is 1.97. The third-order valence-corrected chi connectivity index (χ3v) is 1.97. The molecule has 4 atom stereocenters. The number of ketones is 2. The number of carbonyl (C=O) groups excluding carboxylic acids is 2. The van der Waals surface area contributed by atoms with E-state index in [0.717, 1.165) is 0 Å². The predicted octanol–water partition coefficient (Wildman–Crippen LogP) is -2.88. The summed E-state index contributed by atoms with van der Waals surface area (Å²) >= 11 is 0. The van der Waals surface area contributed by atoms with Gasteiger partial charge in [-0.2, -0.15) is 13.2 Å². The van der Waals surface area contributed by atoms with Crippen molar-refractivity contribution in [3.8, 4) is 0 Å². The highest BCUT2D eigenvalue weighted by atomic mass is 19.4. The molecule has 0 fully saturated rings. The van der Waals surface area contributed by atoms with Gasteiger partial charge in [0.1, 0.15) is 18.3 Å². The second-order valence-corrected chi connectivity index (χ2v) is 3.36. The van der Waals surface area contributed by atoms with Crippen molar-refractivity contribution in [1.82, 2.24) is 0 Å². The smallest absolute Gasteiger partial charge is 0.394 e. The van der Waals surface area contributed by atoms with Crippen LogP contribution in [0.4, 0.5) is 13.2 Å². The zero-order chi connectivity index (χ0) is 14.7. The third kappa shape index (κ3) is 3.99. The second kappa shape index (κ2) is 6.20. The Morgan fingerprint density at radius 2 is 1.44 bits per heavy atom. The van der Waals surface area contributed by atoms with E-state index in [1.165, 1.54) is 0 Å². The molecule has 0 aliphatic carbocycles. The Hall–Kier alpha value is -1.07. The van der Waals surface area contributed by atoms with Crippen LogP contribution in [0.3, 0.4) is 0 Å². The number of halogens is 3. The second-order valence-electron chi connectivity index (χ2n) is 3.36. The van der Waals surface area contributed by atoms with E-state index in [0.29, 0.717) is 0 Å². The van der Waals surface area contributed by atoms with Crippen molar-refractivity contribution < 1.29 is 48.3 Å². The highest BCUT2D eigenvalue weighted by molar-refractivity contribution is 6.40. The lowest BCUT2D eigenvalue weighted by Gasteiger charge is -2.21. The Balaban J connectivity index is 4.80. The number of aliphatic hydroxyl groups excluding tert-OH is 5. The molecular weight excluding hydrogens is 265 g/mol. The number of rotatable bonds is 6. The molecule has 106 valence electrons. The molecule has 0 aromatic carbocycles. The van der Waals surface area contributed by atoms with E-state index in [1.807, 2.05) is 0 Å². The minimum atomic E-state index is -5.40. The lowest BCUT2D eigenvalue weighted by Crippen LogP contribution is -2.50. The average Bonchev–Trinajstić information content (AvgIpc) is 2.31. The van der Waals surface area contributed by atoms with Crippen LogP contribution in [-0.4, -0.2) is 74.3 Å². The van der Waals surface area contributed by atoms with E-state index >= 15 is 0 Å². The lowest BCUT2D eigenvalue weighted by atomic mass is 9.99. The van der Waals surface area contributed by atoms with Gasteiger partial charge in [0.15, 0.2) is 0 Å². The number of hydrogen-bond donors (Lipinski definition) is 5. The molecule has 5 N–H and O–H groups in total. The molecule has 18 heavy (non-hydrogen) atoms. The summed E-state index contributed by atoms with van der Waals surface area (Å²) in [5.41, 5.74) is 0. The molecule has 0 rings (SSSR count). The number of carbonyl (C=O) groups is 2. The van der Waals surface area contributed by atoms with Gasteiger partial charge in [0.05, 0.1) is 6.61 Å². The van der Waals surface area contributed by atoms with Crippen molar-refractivity contribution in [1.29, 1.82) is 0 Å². The van der Waals surface area contributed by atoms with Crippen molar-refractivity contribution in [2.45, 2.75) is 30.6 Å². The van der Waals surface area contributed by atoms with Gasteiger partial charge in [-0.15, -0.1) is 0 Å². The molecule has 0 spiro atoms. The van der Waals surface area contributed by atoms with Gasteiger partial charge < -0.3 is 25.5 Å². The number of alkyl halides is 3. The largest absolute Gasteiger partial charge is 0.422 e. The van der Waals surface area contributed by atoms with Crippen molar-refractivity contribution in [3.05, 3.63) is 0 Å². The van der Waals surface area contributed by atoms with Crippen LogP contribution in [0, 0.1) is 0 Å². The van der Waals surface area contributed by atoms with Crippen LogP contribution in [0.5, 0.6) is 0 Å². The van der Waals surface area contributed by atoms with Crippen LogP contribution in [0.2, 0.25) is 0 Å². The van der Waals surface area contributed by atoms with E-state index in [2.05, 4.69) is 0 Å². The van der Waals surface area contributed by atoms with Gasteiger partial charge in [0.2, 0.25) is 17.7 Å². The van der Waals surface area contributed by atoms with Crippen LogP contribution >= 0.6 is 0 Å². The summed E-state index contributed by atoms with van der Waals surface area (Å²) < 4.78 is 35.7. The van der Waals surface area contributed by atoms with E-state index in [9.17, 15) is 22.8 Å². The minimum absolute atomic E-state index is 1.10. The number of hydrogen-bond acceptors (Lipinski definition) is 7. The van der Waals surface area contributed by atoms with Crippen LogP contribution in [0.25, 0.3) is 0 Å². The van der Waals surface area contributed by atoms with E-state index in [-0.39, 0.29) is 0 Å². The van der Waals surface area contributed by atoms with Crippen LogP contribution in [0.1, 0.15) is 0 Å². The molecule has 0 saturated heterocycles. The number of aliphatic hydroxyl groups is 5. The summed E-state index contributed by atoms with van der Waals surface area (Å²) in [6.07, 6.45) is -16.1. The molecule has 0 heterocycles. The zero-order valence-corrected chi connectivity index (χ0v) is 8.70. The monoisotopic (exact) mass is 276 g/mol. The van der Waals surface area contributed by atoms with E-state index in [4.69, 9.17) is 25.5 Å². The Morgan fingerprint density at radius 3 is 1.78 bits per heavy atom. The first-order valence-electron chi connectivity index (χ1n) is 4.52. The fourth-order valence-electron chi connectivity index (χ4n) is 0.903. The fourth-order valence-corrected chi connectivity index (χ4v) is 0.903. The molecule has 0 aromatic rings. The topological polar surface area (TPSA) is 135 Å². The first kappa shape index (κ1) is 16.9. The highest BCUT2D eigenvalue weighted by Gasteiger charge is 2.48. The maximum absolute atomic E-state index is 11.9. The normalized spacial score (nSPS) is 18.9. The maximum Gasteiger partial charge on any atom is 0.422 e. The Kier molecular flexibility index (Phi) is 5.83. The Bertz CT molecular complexity index is 316. The SMILES string of the molecule is O=C(C(=O)[C@@H](O)[C@H](O)[C@H](O)CO)C(O)C(F)(F)F. The van der Waals surface area contributed by atoms with Gasteiger partial charge in [0.25, 0.3) is 0 Å². The van der Waals surface area contributed by atoms with Gasteiger partial charge >= 0.3 is 6.18 Å². The molecule has 0 bridgehead atoms. The average molecular weight is 276 g/mol. The van der Waals surface area contributed by atoms with Gasteiger partial charge in [-0.25, -0.2) is 0 Å². The van der Waals surface area contributed by atoms with Gasteiger partial charge in [-0.05, 0) is 0 Å². The molecule has 0 aliphatic heterocycles. The number of Topliss-reactive ketones (excluding diaryl/α,β-unsaturated/α-hetero) is 2. The Labute approximate surface area is 98.1 Å². The first-order chi connectivity index (χ1) is 8.03. The van der Waals surface area contributed by atoms with Crippen molar-refractivity contribution >= 4 is 11.6 Å². The van der Waals surface area contributed by atoms with E-state index < -0.39 is 48.8 Å². The van der Waals surface area contributed by atoms with Gasteiger partial charge in [0, 0.05) is 0 Å². The van der Waals surface area contributed by atoms with Crippen molar-refractivity contribution in [3.63, 3.8) is 0 Å². The van der Waals surface area contributed by atoms with Crippen LogP contribution in [0.15, 0.2) is 0 Å². The molecule has 0 radical (unpaired) electrons. The summed E-state index contributed by atoms with van der Waals surface area (Å²) in [5, 5.41) is 43.6. The predicted molar refractivity (Wildman–Crippen MR) is 47.2 cm³/mol. The summed E-state index contributed by atoms with van der Waals surface area (Å²) in [6.45, 7) is -1.10. The molecule has 1 unspecified atom stereocenters. The molecular formula is C8H11F3O7. The van der Waals surface area contributed by atoms with Crippen LogP contribution in [-0.2, 0) is 9.59 Å². The summed E-state index contributed by atoms with van der Waals surface area (Å²) in [4.78, 5) is 21.8. The molecule has 7 nitrogen and oxygen atoms in total. The van der Waals surface area contributed by atoms with E-state index in [1.54, 1.807) is 0 Å². The minimum Gasteiger partial charge on any atom is -0.394 e. The summed E-state index contributed by atoms with van der Waals surface area (Å²) in [6, 6.07) is 0. The quantitative estimate of drug-likeness (QED) is 0.329. The molecule has 0 aliphatic rings. The lowest BCUT2D eigenvalue weighted by molar-refractivity contribution is -0.205. The molecule has 0 aromatic heterocycles.